The predicted molar refractivity (Wildman–Crippen MR) is 79.7 cm³/mol. The van der Waals surface area contributed by atoms with Crippen molar-refractivity contribution in [2.45, 2.75) is 24.8 Å². The van der Waals surface area contributed by atoms with Gasteiger partial charge in [0.2, 0.25) is 16.0 Å². The zero-order chi connectivity index (χ0) is 15.3. The topological polar surface area (TPSA) is 110 Å². The van der Waals surface area contributed by atoms with Crippen molar-refractivity contribution >= 4 is 16.0 Å². The van der Waals surface area contributed by atoms with Crippen LogP contribution in [0.25, 0.3) is 0 Å². The number of aryl methyl sites for hydroxylation is 1. The molecule has 0 atom stereocenters. The molecule has 1 aromatic heterocycles. The quantitative estimate of drug-likeness (QED) is 0.538. The minimum absolute atomic E-state index is 0.00771. The Labute approximate surface area is 123 Å². The molecule has 0 bridgehead atoms. The van der Waals surface area contributed by atoms with Crippen LogP contribution in [0, 0.1) is 0 Å². The Kier molecular flexibility index (Phi) is 4.84. The second kappa shape index (κ2) is 6.61. The monoisotopic (exact) mass is 307 g/mol. The molecule has 0 radical (unpaired) electrons. The summed E-state index contributed by atoms with van der Waals surface area (Å²) in [4.78, 5) is 7.54. The average Bonchev–Trinajstić information content (AvgIpc) is 2.53. The summed E-state index contributed by atoms with van der Waals surface area (Å²) in [6.07, 6.45) is 3.35. The fraction of sp³-hybridized carbons (Fsp3) is 0.231. The van der Waals surface area contributed by atoms with E-state index < -0.39 is 10.0 Å². The first-order valence-electron chi connectivity index (χ1n) is 6.41. The molecule has 2 rings (SSSR count). The molecule has 0 spiro atoms. The highest BCUT2D eigenvalue weighted by molar-refractivity contribution is 7.89. The molecule has 0 saturated carbocycles. The van der Waals surface area contributed by atoms with Crippen LogP contribution in [0.2, 0.25) is 0 Å². The summed E-state index contributed by atoms with van der Waals surface area (Å²) in [6, 6.07) is 7.77. The van der Waals surface area contributed by atoms with Crippen LogP contribution in [-0.4, -0.2) is 18.4 Å². The third-order valence-electron chi connectivity index (χ3n) is 2.97. The zero-order valence-electron chi connectivity index (χ0n) is 11.6. The molecule has 0 aliphatic rings. The average molecular weight is 307 g/mol. The van der Waals surface area contributed by atoms with E-state index in [2.05, 4.69) is 27.0 Å². The summed E-state index contributed by atoms with van der Waals surface area (Å²) < 4.78 is 26.7. The smallest absolute Gasteiger partial charge is 0.243 e. The molecule has 1 heterocycles. The van der Waals surface area contributed by atoms with Gasteiger partial charge in [-0.3, -0.25) is 5.43 Å². The first-order chi connectivity index (χ1) is 10.0. The zero-order valence-corrected chi connectivity index (χ0v) is 12.4. The van der Waals surface area contributed by atoms with Gasteiger partial charge in [-0.1, -0.05) is 31.2 Å². The number of nitrogens with two attached hydrogens (primary N) is 1. The maximum atomic E-state index is 12.1. The Hall–Kier alpha value is -2.03. The number of nitrogens with zero attached hydrogens (tertiary/aromatic N) is 2. The number of hydrogen-bond acceptors (Lipinski definition) is 6. The van der Waals surface area contributed by atoms with Crippen LogP contribution >= 0.6 is 0 Å². The number of aromatic nitrogens is 2. The maximum absolute atomic E-state index is 12.1. The van der Waals surface area contributed by atoms with Crippen LogP contribution in [0.5, 0.6) is 0 Å². The van der Waals surface area contributed by atoms with Gasteiger partial charge in [0.05, 0.1) is 12.4 Å². The minimum Gasteiger partial charge on any atom is -0.292 e. The highest BCUT2D eigenvalue weighted by Crippen LogP contribution is 2.09. The standard InChI is InChI=1S/C13H17N5O2S/c1-2-10-3-5-11(6-4-10)7-17-21(19,20)12-8-15-13(18-14)16-9-12/h3-6,8-9,17H,2,7,14H2,1H3,(H,15,16,18). The van der Waals surface area contributed by atoms with E-state index in [9.17, 15) is 8.42 Å². The third kappa shape index (κ3) is 3.97. The Bertz CT molecular complexity index is 684. The fourth-order valence-electron chi connectivity index (χ4n) is 1.68. The van der Waals surface area contributed by atoms with Gasteiger partial charge in [0.1, 0.15) is 4.90 Å². The molecular weight excluding hydrogens is 290 g/mol. The lowest BCUT2D eigenvalue weighted by atomic mass is 10.1. The summed E-state index contributed by atoms with van der Waals surface area (Å²) in [7, 11) is -3.64. The van der Waals surface area contributed by atoms with Crippen LogP contribution < -0.4 is 16.0 Å². The Morgan fingerprint density at radius 3 is 2.19 bits per heavy atom. The first kappa shape index (κ1) is 15.4. The summed E-state index contributed by atoms with van der Waals surface area (Å²) >= 11 is 0. The molecule has 21 heavy (non-hydrogen) atoms. The summed E-state index contributed by atoms with van der Waals surface area (Å²) in [5, 5.41) is 0. The van der Waals surface area contributed by atoms with Crippen LogP contribution in [0.4, 0.5) is 5.95 Å². The van der Waals surface area contributed by atoms with E-state index >= 15 is 0 Å². The van der Waals surface area contributed by atoms with Gasteiger partial charge in [-0.15, -0.1) is 0 Å². The van der Waals surface area contributed by atoms with Crippen molar-refractivity contribution in [3.8, 4) is 0 Å². The SMILES string of the molecule is CCc1ccc(CNS(=O)(=O)c2cnc(NN)nc2)cc1. The second-order valence-corrected chi connectivity index (χ2v) is 6.15. The van der Waals surface area contributed by atoms with Crippen molar-refractivity contribution in [2.24, 2.45) is 5.84 Å². The number of hydrogen-bond donors (Lipinski definition) is 3. The van der Waals surface area contributed by atoms with Crippen LogP contribution in [0.15, 0.2) is 41.6 Å². The van der Waals surface area contributed by atoms with Crippen molar-refractivity contribution < 1.29 is 8.42 Å². The number of benzene rings is 1. The van der Waals surface area contributed by atoms with Crippen molar-refractivity contribution in [3.63, 3.8) is 0 Å². The molecule has 7 nitrogen and oxygen atoms in total. The molecular formula is C13H17N5O2S. The maximum Gasteiger partial charge on any atom is 0.243 e. The third-order valence-corrected chi connectivity index (χ3v) is 4.32. The largest absolute Gasteiger partial charge is 0.292 e. The molecule has 0 fully saturated rings. The second-order valence-electron chi connectivity index (χ2n) is 4.38. The van der Waals surface area contributed by atoms with Crippen LogP contribution in [0.3, 0.4) is 0 Å². The number of anilines is 1. The van der Waals surface area contributed by atoms with Gasteiger partial charge in [-0.05, 0) is 17.5 Å². The summed E-state index contributed by atoms with van der Waals surface area (Å²) in [6.45, 7) is 2.28. The lowest BCUT2D eigenvalue weighted by Gasteiger charge is -2.07. The molecule has 0 aliphatic heterocycles. The number of nitrogens with one attached hydrogen (secondary N) is 2. The summed E-state index contributed by atoms with van der Waals surface area (Å²) in [5.74, 6) is 5.28. The van der Waals surface area contributed by atoms with Gasteiger partial charge in [0, 0.05) is 6.54 Å². The predicted octanol–water partition coefficient (Wildman–Crippen LogP) is 0.803. The highest BCUT2D eigenvalue weighted by atomic mass is 32.2. The van der Waals surface area contributed by atoms with Crippen molar-refractivity contribution in [1.29, 1.82) is 0 Å². The van der Waals surface area contributed by atoms with E-state index in [-0.39, 0.29) is 17.4 Å². The van der Waals surface area contributed by atoms with Gasteiger partial charge in [0.15, 0.2) is 0 Å². The number of sulfonamides is 1. The molecule has 8 heteroatoms. The lowest BCUT2D eigenvalue weighted by molar-refractivity contribution is 0.580. The van der Waals surface area contributed by atoms with E-state index in [1.807, 2.05) is 24.3 Å². The molecule has 112 valence electrons. The van der Waals surface area contributed by atoms with Gasteiger partial charge in [-0.2, -0.15) is 0 Å². The normalized spacial score (nSPS) is 11.3. The van der Waals surface area contributed by atoms with Crippen molar-refractivity contribution in [2.75, 3.05) is 5.43 Å². The van der Waals surface area contributed by atoms with Crippen molar-refractivity contribution in [1.82, 2.24) is 14.7 Å². The highest BCUT2D eigenvalue weighted by Gasteiger charge is 2.14. The van der Waals surface area contributed by atoms with Crippen LogP contribution in [0.1, 0.15) is 18.1 Å². The van der Waals surface area contributed by atoms with E-state index in [1.165, 1.54) is 18.0 Å². The number of rotatable bonds is 6. The summed E-state index contributed by atoms with van der Waals surface area (Å²) in [5.41, 5.74) is 4.33. The Morgan fingerprint density at radius 2 is 1.67 bits per heavy atom. The molecule has 4 N–H and O–H groups in total. The molecule has 2 aromatic rings. The Morgan fingerprint density at radius 1 is 1.10 bits per heavy atom. The molecule has 0 unspecified atom stereocenters. The first-order valence-corrected chi connectivity index (χ1v) is 7.89. The van der Waals surface area contributed by atoms with Gasteiger partial charge < -0.3 is 0 Å². The molecule has 0 aliphatic carbocycles. The molecule has 1 aromatic carbocycles. The van der Waals surface area contributed by atoms with E-state index in [1.54, 1.807) is 0 Å². The minimum atomic E-state index is -3.64. The van der Waals surface area contributed by atoms with Crippen LogP contribution in [-0.2, 0) is 23.0 Å². The van der Waals surface area contributed by atoms with Gasteiger partial charge in [0.25, 0.3) is 0 Å². The molecule has 0 amide bonds. The van der Waals surface area contributed by atoms with E-state index in [4.69, 9.17) is 5.84 Å². The van der Waals surface area contributed by atoms with E-state index in [0.717, 1.165) is 12.0 Å². The van der Waals surface area contributed by atoms with Gasteiger partial charge in [-0.25, -0.2) is 29.0 Å². The Balaban J connectivity index is 2.05. The number of hydrazine groups is 1. The lowest BCUT2D eigenvalue weighted by Crippen LogP contribution is -2.23. The van der Waals surface area contributed by atoms with Crippen molar-refractivity contribution in [3.05, 3.63) is 47.8 Å². The van der Waals surface area contributed by atoms with E-state index in [0.29, 0.717) is 0 Å². The molecule has 0 saturated heterocycles. The fourth-order valence-corrected chi connectivity index (χ4v) is 2.59. The van der Waals surface area contributed by atoms with Gasteiger partial charge >= 0.3 is 0 Å². The number of nitrogen functional groups attached to an aromatic ring is 1.